The van der Waals surface area contributed by atoms with Gasteiger partial charge in [0.25, 0.3) is 0 Å². The molecule has 2 N–H and O–H groups in total. The average molecular weight is 301 g/mol. The topological polar surface area (TPSA) is 42.4 Å². The monoisotopic (exact) mass is 300 g/mol. The van der Waals surface area contributed by atoms with Crippen LogP contribution < -0.4 is 5.73 Å². The molecule has 2 unspecified atom stereocenters. The van der Waals surface area contributed by atoms with E-state index in [1.165, 1.54) is 25.7 Å². The summed E-state index contributed by atoms with van der Waals surface area (Å²) in [6.45, 7) is 4.04. The highest BCUT2D eigenvalue weighted by atomic mass is 79.9. The molecule has 0 saturated carbocycles. The second-order valence-corrected chi connectivity index (χ2v) is 5.61. The third-order valence-electron chi connectivity index (χ3n) is 3.65. The zero-order valence-electron chi connectivity index (χ0n) is 10.4. The van der Waals surface area contributed by atoms with Crippen LogP contribution in [0.3, 0.4) is 0 Å². The maximum atomic E-state index is 5.94. The van der Waals surface area contributed by atoms with Gasteiger partial charge in [0.2, 0.25) is 0 Å². The Labute approximate surface area is 111 Å². The van der Waals surface area contributed by atoms with Crippen molar-refractivity contribution in [1.29, 1.82) is 0 Å². The molecule has 17 heavy (non-hydrogen) atoms. The minimum atomic E-state index is 0.217. The highest BCUT2D eigenvalue weighted by Crippen LogP contribution is 2.29. The molecule has 0 amide bonds. The number of nitrogens with two attached hydrogens (primary N) is 1. The quantitative estimate of drug-likeness (QED) is 0.931. The molecule has 96 valence electrons. The predicted molar refractivity (Wildman–Crippen MR) is 72.8 cm³/mol. The van der Waals surface area contributed by atoms with E-state index in [1.807, 2.05) is 12.1 Å². The van der Waals surface area contributed by atoms with Crippen LogP contribution in [0.2, 0.25) is 0 Å². The van der Waals surface area contributed by atoms with E-state index in [4.69, 9.17) is 10.2 Å². The van der Waals surface area contributed by atoms with E-state index in [9.17, 15) is 0 Å². The number of rotatable bonds is 3. The Morgan fingerprint density at radius 1 is 1.47 bits per heavy atom. The lowest BCUT2D eigenvalue weighted by molar-refractivity contribution is 0.133. The van der Waals surface area contributed by atoms with Crippen LogP contribution in [-0.2, 0) is 0 Å². The summed E-state index contributed by atoms with van der Waals surface area (Å²) in [5, 5.41) is 0. The Balaban J connectivity index is 2.15. The Morgan fingerprint density at radius 3 is 2.94 bits per heavy atom. The van der Waals surface area contributed by atoms with Crippen molar-refractivity contribution >= 4 is 15.9 Å². The summed E-state index contributed by atoms with van der Waals surface area (Å²) in [5.41, 5.74) is 5.94. The van der Waals surface area contributed by atoms with Crippen molar-refractivity contribution in [2.45, 2.75) is 44.7 Å². The zero-order chi connectivity index (χ0) is 12.3. The van der Waals surface area contributed by atoms with Gasteiger partial charge in [0.15, 0.2) is 4.67 Å². The summed E-state index contributed by atoms with van der Waals surface area (Å²) in [7, 11) is 0. The highest BCUT2D eigenvalue weighted by Gasteiger charge is 2.27. The fourth-order valence-corrected chi connectivity index (χ4v) is 3.00. The molecular weight excluding hydrogens is 280 g/mol. The summed E-state index contributed by atoms with van der Waals surface area (Å²) >= 11 is 3.36. The van der Waals surface area contributed by atoms with Gasteiger partial charge in [-0.25, -0.2) is 0 Å². The molecule has 1 aliphatic rings. The van der Waals surface area contributed by atoms with Gasteiger partial charge in [-0.15, -0.1) is 0 Å². The minimum Gasteiger partial charge on any atom is -0.453 e. The van der Waals surface area contributed by atoms with Gasteiger partial charge in [-0.05, 0) is 54.4 Å². The van der Waals surface area contributed by atoms with Gasteiger partial charge in [0.1, 0.15) is 5.76 Å². The van der Waals surface area contributed by atoms with Gasteiger partial charge in [-0.2, -0.15) is 0 Å². The molecule has 1 aliphatic heterocycles. The first kappa shape index (κ1) is 13.1. The first-order valence-corrected chi connectivity index (χ1v) is 7.22. The van der Waals surface area contributed by atoms with Crippen LogP contribution in [0.5, 0.6) is 0 Å². The Hall–Kier alpha value is -0.320. The highest BCUT2D eigenvalue weighted by molar-refractivity contribution is 9.10. The maximum Gasteiger partial charge on any atom is 0.169 e. The van der Waals surface area contributed by atoms with Crippen molar-refractivity contribution < 1.29 is 4.42 Å². The van der Waals surface area contributed by atoms with Crippen molar-refractivity contribution in [3.63, 3.8) is 0 Å². The lowest BCUT2D eigenvalue weighted by Gasteiger charge is -2.33. The van der Waals surface area contributed by atoms with E-state index in [2.05, 4.69) is 27.8 Å². The molecule has 0 aromatic carbocycles. The van der Waals surface area contributed by atoms with Crippen LogP contribution >= 0.6 is 15.9 Å². The molecule has 1 aromatic rings. The summed E-state index contributed by atoms with van der Waals surface area (Å²) < 4.78 is 6.46. The summed E-state index contributed by atoms with van der Waals surface area (Å²) in [4.78, 5) is 2.50. The van der Waals surface area contributed by atoms with E-state index in [0.717, 1.165) is 17.0 Å². The van der Waals surface area contributed by atoms with Gasteiger partial charge in [-0.1, -0.05) is 12.8 Å². The largest absolute Gasteiger partial charge is 0.453 e. The summed E-state index contributed by atoms with van der Waals surface area (Å²) in [5.74, 6) is 0.980. The van der Waals surface area contributed by atoms with E-state index < -0.39 is 0 Å². The van der Waals surface area contributed by atoms with Crippen LogP contribution in [0, 0.1) is 0 Å². The average Bonchev–Trinajstić information content (AvgIpc) is 2.62. The van der Waals surface area contributed by atoms with Crippen LogP contribution in [0.15, 0.2) is 21.2 Å². The van der Waals surface area contributed by atoms with Gasteiger partial charge in [-0.3, -0.25) is 4.90 Å². The second-order valence-electron chi connectivity index (χ2n) is 4.83. The van der Waals surface area contributed by atoms with Crippen LogP contribution in [0.25, 0.3) is 0 Å². The normalized spacial score (nSPS) is 24.5. The van der Waals surface area contributed by atoms with Crippen molar-refractivity contribution in [2.24, 2.45) is 5.73 Å². The SMILES string of the molecule is CC1CCCCCN1C(CN)c1ccc(Br)o1. The van der Waals surface area contributed by atoms with E-state index in [-0.39, 0.29) is 6.04 Å². The number of hydrogen-bond donors (Lipinski definition) is 1. The van der Waals surface area contributed by atoms with Gasteiger partial charge >= 0.3 is 0 Å². The van der Waals surface area contributed by atoms with Crippen LogP contribution in [-0.4, -0.2) is 24.0 Å². The molecule has 4 heteroatoms. The molecule has 0 spiro atoms. The van der Waals surface area contributed by atoms with E-state index in [1.54, 1.807) is 0 Å². The van der Waals surface area contributed by atoms with Crippen molar-refractivity contribution in [2.75, 3.05) is 13.1 Å². The molecule has 1 fully saturated rings. The molecule has 2 heterocycles. The van der Waals surface area contributed by atoms with Crippen molar-refractivity contribution in [3.8, 4) is 0 Å². The number of furan rings is 1. The third kappa shape index (κ3) is 3.12. The third-order valence-corrected chi connectivity index (χ3v) is 4.08. The fourth-order valence-electron chi connectivity index (χ4n) is 2.68. The standard InChI is InChI=1S/C13H21BrN2O/c1-10-5-3-2-4-8-16(10)11(9-15)12-6-7-13(14)17-12/h6-7,10-11H,2-5,8-9,15H2,1H3. The molecule has 2 atom stereocenters. The van der Waals surface area contributed by atoms with E-state index in [0.29, 0.717) is 12.6 Å². The molecule has 1 aromatic heterocycles. The summed E-state index contributed by atoms with van der Waals surface area (Å²) in [6.07, 6.45) is 5.19. The fraction of sp³-hybridized carbons (Fsp3) is 0.692. The van der Waals surface area contributed by atoms with Gasteiger partial charge in [0.05, 0.1) is 6.04 Å². The molecule has 0 bridgehead atoms. The first-order chi connectivity index (χ1) is 8.22. The van der Waals surface area contributed by atoms with Gasteiger partial charge in [0, 0.05) is 12.6 Å². The van der Waals surface area contributed by atoms with Gasteiger partial charge < -0.3 is 10.2 Å². The molecule has 3 nitrogen and oxygen atoms in total. The molecule has 0 aliphatic carbocycles. The molecular formula is C13H21BrN2O. The molecule has 1 saturated heterocycles. The van der Waals surface area contributed by atoms with E-state index >= 15 is 0 Å². The lowest BCUT2D eigenvalue weighted by Crippen LogP contribution is -2.39. The molecule has 2 rings (SSSR count). The Morgan fingerprint density at radius 2 is 2.29 bits per heavy atom. The smallest absolute Gasteiger partial charge is 0.169 e. The number of halogens is 1. The lowest BCUT2D eigenvalue weighted by atomic mass is 10.1. The Kier molecular flexibility index (Phi) is 4.65. The summed E-state index contributed by atoms with van der Waals surface area (Å²) in [6, 6.07) is 4.78. The first-order valence-electron chi connectivity index (χ1n) is 6.43. The number of likely N-dealkylation sites (tertiary alicyclic amines) is 1. The zero-order valence-corrected chi connectivity index (χ0v) is 11.9. The Bertz CT molecular complexity index is 353. The second kappa shape index (κ2) is 6.03. The number of nitrogens with zero attached hydrogens (tertiary/aromatic N) is 1. The van der Waals surface area contributed by atoms with Crippen molar-refractivity contribution in [1.82, 2.24) is 4.90 Å². The van der Waals surface area contributed by atoms with Crippen LogP contribution in [0.1, 0.15) is 44.4 Å². The predicted octanol–water partition coefficient (Wildman–Crippen LogP) is 3.31. The van der Waals surface area contributed by atoms with Crippen LogP contribution in [0.4, 0.5) is 0 Å². The minimum absolute atomic E-state index is 0.217. The number of hydrogen-bond acceptors (Lipinski definition) is 3. The molecule has 0 radical (unpaired) electrons. The van der Waals surface area contributed by atoms with Crippen molar-refractivity contribution in [3.05, 3.63) is 22.6 Å². The maximum absolute atomic E-state index is 5.94.